The van der Waals surface area contributed by atoms with Crippen LogP contribution in [0.5, 0.6) is 0 Å². The van der Waals surface area contributed by atoms with Crippen LogP contribution < -0.4 is 0 Å². The molecule has 14 heteroatoms. The third-order valence-corrected chi connectivity index (χ3v) is 5.21. The number of piperidine rings is 1. The van der Waals surface area contributed by atoms with Crippen LogP contribution in [0.3, 0.4) is 0 Å². The Kier molecular flexibility index (Phi) is 9.95. The lowest BCUT2D eigenvalue weighted by atomic mass is 10.0. The molecule has 0 spiro atoms. The smallest absolute Gasteiger partial charge is 0.305 e. The summed E-state index contributed by atoms with van der Waals surface area (Å²) in [5.74, 6) is -0.233. The average Bonchev–Trinajstić information content (AvgIpc) is 3.23. The Balaban J connectivity index is 1.83. The van der Waals surface area contributed by atoms with Gasteiger partial charge in [0.05, 0.1) is 0 Å². The quantitative estimate of drug-likeness (QED) is 0.211. The highest BCUT2D eigenvalue weighted by molar-refractivity contribution is 5.77. The number of hydrogen-bond donors (Lipinski definition) is 0. The number of hydrogen-bond acceptors (Lipinski definition) is 7. The Labute approximate surface area is 178 Å². The largest absolute Gasteiger partial charge is 0.343 e. The van der Waals surface area contributed by atoms with Gasteiger partial charge in [-0.3, -0.25) is 14.5 Å². The number of imidazole rings is 1. The number of nitrogens with zero attached hydrogens (tertiary/aromatic N) is 11. The first kappa shape index (κ1) is 23.8. The lowest BCUT2D eigenvalue weighted by Gasteiger charge is -2.38. The number of nitroso groups, excluding NO2 is 1. The van der Waals surface area contributed by atoms with Crippen LogP contribution in [0.4, 0.5) is 0 Å². The summed E-state index contributed by atoms with van der Waals surface area (Å²) in [4.78, 5) is 47.8. The first-order valence-electron chi connectivity index (χ1n) is 9.98. The number of carbonyl (C=O) groups excluding carboxylic acids is 2. The maximum atomic E-state index is 12.6. The van der Waals surface area contributed by atoms with Gasteiger partial charge >= 0.3 is 5.91 Å². The number of rotatable bonds is 12. The first-order chi connectivity index (χ1) is 15.1. The number of aryl methyl sites for hydroxylation is 1. The van der Waals surface area contributed by atoms with Gasteiger partial charge in [-0.25, -0.2) is 4.98 Å². The minimum Gasteiger partial charge on any atom is -0.343 e. The minimum absolute atomic E-state index is 0.00236. The van der Waals surface area contributed by atoms with Crippen molar-refractivity contribution in [3.05, 3.63) is 44.0 Å². The summed E-state index contributed by atoms with van der Waals surface area (Å²) in [7, 11) is 0. The van der Waals surface area contributed by atoms with E-state index in [1.165, 1.54) is 10.8 Å². The SMILES string of the molecule is [N-]=[N+]=NCCN(CCN=[N+]=[N-])C1CCN(C(=O)CCc2nccn2CC(=O)N=O)CC1. The zero-order valence-electron chi connectivity index (χ0n) is 17.2. The molecule has 0 N–H and O–H groups in total. The van der Waals surface area contributed by atoms with Crippen LogP contribution >= 0.6 is 0 Å². The lowest BCUT2D eigenvalue weighted by molar-refractivity contribution is -0.132. The van der Waals surface area contributed by atoms with Crippen LogP contribution in [0.2, 0.25) is 0 Å². The second-order valence-corrected chi connectivity index (χ2v) is 7.01. The maximum Gasteiger partial charge on any atom is 0.305 e. The fraction of sp³-hybridized carbons (Fsp3) is 0.706. The predicted octanol–water partition coefficient (Wildman–Crippen LogP) is 2.02. The van der Waals surface area contributed by atoms with Crippen molar-refractivity contribution in [3.63, 3.8) is 0 Å². The van der Waals surface area contributed by atoms with Gasteiger partial charge in [-0.1, -0.05) is 10.2 Å². The van der Waals surface area contributed by atoms with E-state index in [4.69, 9.17) is 11.1 Å². The minimum atomic E-state index is -0.793. The molecule has 0 radical (unpaired) electrons. The Morgan fingerprint density at radius 3 is 2.39 bits per heavy atom. The molecule has 1 aliphatic rings. The number of likely N-dealkylation sites (tertiary alicyclic amines) is 1. The van der Waals surface area contributed by atoms with Gasteiger partial charge in [0.15, 0.2) is 0 Å². The predicted molar refractivity (Wildman–Crippen MR) is 111 cm³/mol. The molecule has 0 atom stereocenters. The molecular formula is C17H25N11O3. The molecule has 2 amide bonds. The molecule has 0 aliphatic carbocycles. The number of aromatic nitrogens is 2. The lowest BCUT2D eigenvalue weighted by Crippen LogP contribution is -2.48. The third-order valence-electron chi connectivity index (χ3n) is 5.21. The van der Waals surface area contributed by atoms with E-state index >= 15 is 0 Å². The van der Waals surface area contributed by atoms with Crippen molar-refractivity contribution in [3.8, 4) is 0 Å². The van der Waals surface area contributed by atoms with E-state index in [9.17, 15) is 14.5 Å². The van der Waals surface area contributed by atoms with Gasteiger partial charge in [-0.2, -0.15) is 0 Å². The Hall–Kier alpha value is -3.47. The Bertz CT molecular complexity index is 827. The summed E-state index contributed by atoms with van der Waals surface area (Å²) >= 11 is 0. The van der Waals surface area contributed by atoms with Crippen LogP contribution in [0, 0.1) is 4.91 Å². The summed E-state index contributed by atoms with van der Waals surface area (Å²) in [5.41, 5.74) is 17.0. The topological polar surface area (TPSA) is 185 Å². The molecule has 166 valence electrons. The van der Waals surface area contributed by atoms with Gasteiger partial charge in [-0.05, 0) is 23.9 Å². The molecule has 2 rings (SSSR count). The van der Waals surface area contributed by atoms with Gasteiger partial charge in [0.25, 0.3) is 0 Å². The van der Waals surface area contributed by atoms with Crippen LogP contribution in [0.1, 0.15) is 25.1 Å². The van der Waals surface area contributed by atoms with Crippen molar-refractivity contribution in [1.29, 1.82) is 0 Å². The van der Waals surface area contributed by atoms with E-state index < -0.39 is 5.91 Å². The van der Waals surface area contributed by atoms with Crippen LogP contribution in [-0.4, -0.2) is 76.5 Å². The van der Waals surface area contributed by atoms with Gasteiger partial charge in [0.2, 0.25) is 5.91 Å². The highest BCUT2D eigenvalue weighted by atomic mass is 16.3. The number of azide groups is 2. The first-order valence-corrected chi connectivity index (χ1v) is 9.98. The van der Waals surface area contributed by atoms with E-state index in [0.717, 1.165) is 12.8 Å². The molecule has 2 heterocycles. The molecule has 14 nitrogen and oxygen atoms in total. The van der Waals surface area contributed by atoms with Crippen molar-refractivity contribution < 1.29 is 9.59 Å². The van der Waals surface area contributed by atoms with Crippen molar-refractivity contribution in [2.75, 3.05) is 39.3 Å². The Morgan fingerprint density at radius 1 is 1.16 bits per heavy atom. The van der Waals surface area contributed by atoms with E-state index in [-0.39, 0.29) is 24.9 Å². The molecule has 0 aromatic carbocycles. The molecule has 1 fully saturated rings. The molecule has 0 saturated carbocycles. The molecule has 1 aliphatic heterocycles. The summed E-state index contributed by atoms with van der Waals surface area (Å²) < 4.78 is 1.52. The summed E-state index contributed by atoms with van der Waals surface area (Å²) in [6.07, 6.45) is 5.25. The summed E-state index contributed by atoms with van der Waals surface area (Å²) in [6.45, 7) is 2.83. The van der Waals surface area contributed by atoms with E-state index in [0.29, 0.717) is 51.5 Å². The number of amides is 2. The van der Waals surface area contributed by atoms with Gasteiger partial charge in [0, 0.05) is 85.5 Å². The van der Waals surface area contributed by atoms with Gasteiger partial charge < -0.3 is 9.47 Å². The fourth-order valence-electron chi connectivity index (χ4n) is 3.66. The molecule has 1 saturated heterocycles. The van der Waals surface area contributed by atoms with Crippen LogP contribution in [-0.2, 0) is 22.6 Å². The number of carbonyl (C=O) groups is 2. The monoisotopic (exact) mass is 431 g/mol. The van der Waals surface area contributed by atoms with E-state index in [2.05, 4.69) is 35.1 Å². The molecule has 31 heavy (non-hydrogen) atoms. The zero-order valence-corrected chi connectivity index (χ0v) is 17.2. The molecule has 0 unspecified atom stereocenters. The highest BCUT2D eigenvalue weighted by Crippen LogP contribution is 2.18. The van der Waals surface area contributed by atoms with Gasteiger partial charge in [-0.15, -0.1) is 4.91 Å². The highest BCUT2D eigenvalue weighted by Gasteiger charge is 2.26. The van der Waals surface area contributed by atoms with Gasteiger partial charge in [0.1, 0.15) is 12.4 Å². The normalized spacial score (nSPS) is 14.0. The zero-order chi connectivity index (χ0) is 22.5. The molecular weight excluding hydrogens is 406 g/mol. The third kappa shape index (κ3) is 7.70. The Morgan fingerprint density at radius 2 is 1.81 bits per heavy atom. The van der Waals surface area contributed by atoms with E-state index in [1.54, 1.807) is 11.1 Å². The van der Waals surface area contributed by atoms with Crippen molar-refractivity contribution >= 4 is 11.8 Å². The standard InChI is InChI=1S/C17H25N11O3/c18-24-21-6-11-26(12-7-22-25-19)14-3-8-27(9-4-14)17(30)2-1-15-20-5-10-28(15)13-16(29)23-31/h5,10,14H,1-4,6-9,11-13H2. The summed E-state index contributed by atoms with van der Waals surface area (Å²) in [6, 6.07) is 0.215. The second kappa shape index (κ2) is 13.0. The summed E-state index contributed by atoms with van der Waals surface area (Å²) in [5, 5.41) is 9.53. The average molecular weight is 431 g/mol. The maximum absolute atomic E-state index is 12.6. The molecule has 1 aromatic heterocycles. The van der Waals surface area contributed by atoms with Crippen LogP contribution in [0.25, 0.3) is 20.9 Å². The molecule has 1 aromatic rings. The van der Waals surface area contributed by atoms with Crippen molar-refractivity contribution in [1.82, 2.24) is 19.4 Å². The van der Waals surface area contributed by atoms with Crippen LogP contribution in [0.15, 0.2) is 27.8 Å². The second-order valence-electron chi connectivity index (χ2n) is 7.01. The fourth-order valence-corrected chi connectivity index (χ4v) is 3.66. The molecule has 0 bridgehead atoms. The van der Waals surface area contributed by atoms with E-state index in [1.807, 2.05) is 0 Å². The van der Waals surface area contributed by atoms with Crippen molar-refractivity contribution in [2.24, 2.45) is 15.4 Å². The van der Waals surface area contributed by atoms with Crippen molar-refractivity contribution in [2.45, 2.75) is 38.3 Å².